The molecule has 1 N–H and O–H groups in total. The molecule has 2 heterocycles. The Balaban J connectivity index is 1.11. The molecule has 0 unspecified atom stereocenters. The smallest absolute Gasteiger partial charge is 0.325 e. The summed E-state index contributed by atoms with van der Waals surface area (Å²) in [5, 5.41) is 2.98. The van der Waals surface area contributed by atoms with Crippen molar-refractivity contribution in [1.29, 1.82) is 0 Å². The van der Waals surface area contributed by atoms with Crippen molar-refractivity contribution in [2.75, 3.05) is 64.5 Å². The van der Waals surface area contributed by atoms with E-state index in [1.807, 2.05) is 72.8 Å². The van der Waals surface area contributed by atoms with E-state index in [2.05, 4.69) is 27.2 Å². The second kappa shape index (κ2) is 11.7. The lowest BCUT2D eigenvalue weighted by atomic mass is 9.82. The van der Waals surface area contributed by atoms with Crippen LogP contribution in [0.4, 0.5) is 10.5 Å². The zero-order chi connectivity index (χ0) is 26.4. The van der Waals surface area contributed by atoms with Crippen molar-refractivity contribution < 1.29 is 19.1 Å². The topological polar surface area (TPSA) is 74.3 Å². The fourth-order valence-electron chi connectivity index (χ4n) is 5.19. The number of benzene rings is 3. The van der Waals surface area contributed by atoms with Crippen LogP contribution in [0.15, 0.2) is 84.9 Å². The van der Waals surface area contributed by atoms with Gasteiger partial charge in [-0.1, -0.05) is 60.7 Å². The van der Waals surface area contributed by atoms with Gasteiger partial charge in [0.05, 0.1) is 26.9 Å². The van der Waals surface area contributed by atoms with Gasteiger partial charge in [-0.05, 0) is 35.4 Å². The molecule has 0 atom stereocenters. The zero-order valence-corrected chi connectivity index (χ0v) is 21.7. The van der Waals surface area contributed by atoms with Gasteiger partial charge in [0.1, 0.15) is 5.75 Å². The largest absolute Gasteiger partial charge is 0.497 e. The van der Waals surface area contributed by atoms with Crippen LogP contribution in [0.25, 0.3) is 0 Å². The van der Waals surface area contributed by atoms with Crippen LogP contribution in [0.1, 0.15) is 11.1 Å². The molecule has 38 heavy (non-hydrogen) atoms. The van der Waals surface area contributed by atoms with Gasteiger partial charge in [-0.15, -0.1) is 0 Å². The van der Waals surface area contributed by atoms with Gasteiger partial charge < -0.3 is 19.7 Å². The van der Waals surface area contributed by atoms with Crippen molar-refractivity contribution in [1.82, 2.24) is 15.1 Å². The van der Waals surface area contributed by atoms with E-state index in [1.54, 1.807) is 7.11 Å². The monoisotopic (exact) mass is 514 g/mol. The lowest BCUT2D eigenvalue weighted by Crippen LogP contribution is -2.47. The number of methoxy groups -OCH3 is 1. The van der Waals surface area contributed by atoms with Crippen LogP contribution in [0.5, 0.6) is 5.75 Å². The summed E-state index contributed by atoms with van der Waals surface area (Å²) in [6.45, 7) is 5.69. The second-order valence-corrected chi connectivity index (χ2v) is 9.51. The van der Waals surface area contributed by atoms with Crippen molar-refractivity contribution in [2.24, 2.45) is 0 Å². The number of piperazine rings is 1. The first kappa shape index (κ1) is 25.8. The van der Waals surface area contributed by atoms with E-state index in [9.17, 15) is 9.59 Å². The number of imide groups is 1. The summed E-state index contributed by atoms with van der Waals surface area (Å²) in [6.07, 6.45) is 0. The van der Waals surface area contributed by atoms with Gasteiger partial charge in [0.2, 0.25) is 0 Å². The summed E-state index contributed by atoms with van der Waals surface area (Å²) in [7, 11) is 1.68. The fraction of sp³-hybridized carbons (Fsp3) is 0.333. The molecule has 198 valence electrons. The summed E-state index contributed by atoms with van der Waals surface area (Å²) < 4.78 is 11.1. The molecule has 3 amide bonds. The Morgan fingerprint density at radius 2 is 1.34 bits per heavy atom. The van der Waals surface area contributed by atoms with Crippen LogP contribution in [-0.2, 0) is 15.1 Å². The molecule has 0 saturated carbocycles. The molecular formula is C30H34N4O4. The third-order valence-electron chi connectivity index (χ3n) is 7.34. The highest BCUT2D eigenvalue weighted by Crippen LogP contribution is 2.35. The summed E-state index contributed by atoms with van der Waals surface area (Å²) in [4.78, 5) is 32.7. The van der Waals surface area contributed by atoms with Crippen LogP contribution in [-0.4, -0.2) is 81.3 Å². The molecule has 2 aliphatic heterocycles. The quantitative estimate of drug-likeness (QED) is 0.331. The van der Waals surface area contributed by atoms with Crippen LogP contribution in [0.2, 0.25) is 0 Å². The average Bonchev–Trinajstić information content (AvgIpc) is 3.24. The standard InChI is InChI=1S/C30H34N4O4/c1-37-27-14-12-26(13-15-27)33-18-16-32(17-19-33)20-22-38-23-21-34-28(35)30(31-29(34)36,24-8-4-2-5-9-24)25-10-6-3-7-11-25/h2-15H,16-23H2,1H3,(H,31,36). The minimum Gasteiger partial charge on any atom is -0.497 e. The van der Waals surface area contributed by atoms with Crippen LogP contribution in [0, 0.1) is 0 Å². The third-order valence-corrected chi connectivity index (χ3v) is 7.34. The normalized spacial score (nSPS) is 17.5. The van der Waals surface area contributed by atoms with Crippen molar-refractivity contribution in [2.45, 2.75) is 5.54 Å². The molecule has 8 nitrogen and oxygen atoms in total. The minimum absolute atomic E-state index is 0.206. The van der Waals surface area contributed by atoms with E-state index < -0.39 is 11.6 Å². The molecule has 0 radical (unpaired) electrons. The first-order valence-electron chi connectivity index (χ1n) is 13.1. The van der Waals surface area contributed by atoms with Crippen molar-refractivity contribution >= 4 is 17.6 Å². The van der Waals surface area contributed by atoms with Gasteiger partial charge >= 0.3 is 6.03 Å². The highest BCUT2D eigenvalue weighted by atomic mass is 16.5. The van der Waals surface area contributed by atoms with Crippen LogP contribution >= 0.6 is 0 Å². The number of nitrogens with zero attached hydrogens (tertiary/aromatic N) is 3. The van der Waals surface area contributed by atoms with Gasteiger partial charge in [-0.25, -0.2) is 4.79 Å². The summed E-state index contributed by atoms with van der Waals surface area (Å²) in [6, 6.07) is 26.6. The zero-order valence-electron chi connectivity index (χ0n) is 21.7. The Bertz CT molecular complexity index is 1170. The van der Waals surface area contributed by atoms with E-state index in [0.29, 0.717) is 13.2 Å². The Hall–Kier alpha value is -3.88. The number of urea groups is 1. The van der Waals surface area contributed by atoms with Gasteiger partial charge in [0.25, 0.3) is 5.91 Å². The Kier molecular flexibility index (Phi) is 7.91. The second-order valence-electron chi connectivity index (χ2n) is 9.51. The Labute approximate surface area is 223 Å². The molecule has 3 aromatic carbocycles. The first-order valence-corrected chi connectivity index (χ1v) is 13.1. The van der Waals surface area contributed by atoms with Gasteiger partial charge in [0, 0.05) is 38.4 Å². The Morgan fingerprint density at radius 3 is 1.92 bits per heavy atom. The van der Waals surface area contributed by atoms with Gasteiger partial charge in [0.15, 0.2) is 5.54 Å². The molecule has 0 aromatic heterocycles. The molecule has 3 aromatic rings. The number of anilines is 1. The van der Waals surface area contributed by atoms with Gasteiger partial charge in [-0.2, -0.15) is 0 Å². The van der Waals surface area contributed by atoms with E-state index in [-0.39, 0.29) is 12.5 Å². The van der Waals surface area contributed by atoms with Crippen molar-refractivity contribution in [3.63, 3.8) is 0 Å². The SMILES string of the molecule is COc1ccc(N2CCN(CCOCCN3C(=O)NC(c4ccccc4)(c4ccccc4)C3=O)CC2)cc1. The number of hydrogen-bond acceptors (Lipinski definition) is 6. The summed E-state index contributed by atoms with van der Waals surface area (Å²) in [5.74, 6) is 0.585. The number of amides is 3. The molecule has 5 rings (SSSR count). The maximum Gasteiger partial charge on any atom is 0.325 e. The van der Waals surface area contributed by atoms with E-state index in [4.69, 9.17) is 9.47 Å². The Morgan fingerprint density at radius 1 is 0.763 bits per heavy atom. The molecule has 2 fully saturated rings. The average molecular weight is 515 g/mol. The molecular weight excluding hydrogens is 480 g/mol. The molecule has 0 bridgehead atoms. The molecule has 2 aliphatic rings. The number of nitrogens with one attached hydrogen (secondary N) is 1. The molecule has 0 spiro atoms. The highest BCUT2D eigenvalue weighted by Gasteiger charge is 2.53. The van der Waals surface area contributed by atoms with E-state index in [1.165, 1.54) is 10.6 Å². The van der Waals surface area contributed by atoms with Gasteiger partial charge in [-0.3, -0.25) is 14.6 Å². The predicted octanol–water partition coefficient (Wildman–Crippen LogP) is 3.33. The minimum atomic E-state index is -1.23. The number of ether oxygens (including phenoxy) is 2. The van der Waals surface area contributed by atoms with E-state index in [0.717, 1.165) is 49.6 Å². The molecule has 2 saturated heterocycles. The van der Waals surface area contributed by atoms with E-state index >= 15 is 0 Å². The van der Waals surface area contributed by atoms with Crippen LogP contribution in [0.3, 0.4) is 0 Å². The number of hydrogen-bond donors (Lipinski definition) is 1. The number of rotatable bonds is 10. The lowest BCUT2D eigenvalue weighted by Gasteiger charge is -2.36. The molecule has 0 aliphatic carbocycles. The highest BCUT2D eigenvalue weighted by molar-refractivity contribution is 6.09. The predicted molar refractivity (Wildman–Crippen MR) is 146 cm³/mol. The van der Waals surface area contributed by atoms with Crippen molar-refractivity contribution in [3.05, 3.63) is 96.1 Å². The lowest BCUT2D eigenvalue weighted by molar-refractivity contribution is -0.130. The third kappa shape index (κ3) is 5.23. The van der Waals surface area contributed by atoms with Crippen LogP contribution < -0.4 is 15.0 Å². The first-order chi connectivity index (χ1) is 18.6. The summed E-state index contributed by atoms with van der Waals surface area (Å²) >= 11 is 0. The summed E-state index contributed by atoms with van der Waals surface area (Å²) in [5.41, 5.74) is 1.45. The number of carbonyl (C=O) groups is 2. The maximum absolute atomic E-state index is 13.7. The fourth-order valence-corrected chi connectivity index (χ4v) is 5.19. The maximum atomic E-state index is 13.7. The van der Waals surface area contributed by atoms with Crippen molar-refractivity contribution in [3.8, 4) is 5.75 Å². The molecule has 8 heteroatoms. The number of carbonyl (C=O) groups excluding carboxylic acids is 2.